The van der Waals surface area contributed by atoms with E-state index in [4.69, 9.17) is 4.98 Å². The molecular formula is C39H45IrN2O2S3-. The van der Waals surface area contributed by atoms with Gasteiger partial charge in [0.25, 0.3) is 0 Å². The van der Waals surface area contributed by atoms with Gasteiger partial charge in [-0.05, 0) is 75.5 Å². The number of aliphatic hydroxyl groups is 1. The van der Waals surface area contributed by atoms with Crippen LogP contribution in [0, 0.1) is 16.9 Å². The Hall–Kier alpha value is -2.48. The molecule has 47 heavy (non-hydrogen) atoms. The van der Waals surface area contributed by atoms with Crippen molar-refractivity contribution in [1.82, 2.24) is 9.97 Å². The van der Waals surface area contributed by atoms with Crippen LogP contribution in [-0.2, 0) is 30.3 Å². The molecule has 251 valence electrons. The Morgan fingerprint density at radius 1 is 0.872 bits per heavy atom. The normalized spacial score (nSPS) is 12.8. The number of fused-ring (bicyclic) bond motifs is 5. The third-order valence-electron chi connectivity index (χ3n) is 9.98. The molecule has 0 aliphatic heterocycles. The second kappa shape index (κ2) is 14.6. The molecule has 0 fully saturated rings. The van der Waals surface area contributed by atoms with E-state index in [1.165, 1.54) is 41.9 Å². The van der Waals surface area contributed by atoms with Gasteiger partial charge in [-0.25, -0.2) is 4.98 Å². The van der Waals surface area contributed by atoms with Crippen molar-refractivity contribution in [3.05, 3.63) is 70.9 Å². The first-order valence-electron chi connectivity index (χ1n) is 16.2. The molecular weight excluding hydrogens is 817 g/mol. The maximum absolute atomic E-state index is 12.2. The summed E-state index contributed by atoms with van der Waals surface area (Å²) in [6.45, 7) is 18.9. The van der Waals surface area contributed by atoms with Crippen LogP contribution in [0.15, 0.2) is 59.3 Å². The van der Waals surface area contributed by atoms with Crippen molar-refractivity contribution in [3.8, 4) is 11.3 Å². The van der Waals surface area contributed by atoms with E-state index in [1.807, 2.05) is 41.5 Å². The van der Waals surface area contributed by atoms with Gasteiger partial charge in [0.05, 0.1) is 0 Å². The van der Waals surface area contributed by atoms with E-state index >= 15 is 0 Å². The van der Waals surface area contributed by atoms with E-state index in [2.05, 4.69) is 72.9 Å². The number of nitrogens with zero attached hydrogens (tertiary/aromatic N) is 2. The first-order valence-corrected chi connectivity index (χ1v) is 18.8. The predicted molar refractivity (Wildman–Crippen MR) is 202 cm³/mol. The van der Waals surface area contributed by atoms with E-state index in [0.29, 0.717) is 0 Å². The Bertz CT molecular complexity index is 2050. The molecule has 0 saturated heterocycles. The number of hydrogen-bond donors (Lipinski definition) is 1. The van der Waals surface area contributed by atoms with Crippen LogP contribution < -0.4 is 0 Å². The summed E-state index contributed by atoms with van der Waals surface area (Å²) in [5, 5.41) is 19.3. The molecule has 1 N–H and O–H groups in total. The average Bonchev–Trinajstić information content (AvgIpc) is 3.80. The molecule has 0 bridgehead atoms. The quantitative estimate of drug-likeness (QED) is 0.0941. The first-order chi connectivity index (χ1) is 21.8. The largest absolute Gasteiger partial charge is 0.512 e. The van der Waals surface area contributed by atoms with E-state index in [-0.39, 0.29) is 47.9 Å². The zero-order valence-electron chi connectivity index (χ0n) is 28.8. The smallest absolute Gasteiger partial charge is 0.164 e. The number of rotatable bonds is 8. The fraction of sp³-hybridized carbons (Fsp3) is 0.410. The Labute approximate surface area is 304 Å². The summed E-state index contributed by atoms with van der Waals surface area (Å²) in [6, 6.07) is 14.9. The molecule has 8 heteroatoms. The maximum atomic E-state index is 12.2. The molecule has 0 atom stereocenters. The van der Waals surface area contributed by atoms with Gasteiger partial charge in [-0.15, -0.1) is 46.3 Å². The number of aliphatic hydroxyl groups excluding tert-OH is 1. The minimum absolute atomic E-state index is 0. The topological polar surface area (TPSA) is 63.1 Å². The van der Waals surface area contributed by atoms with Crippen molar-refractivity contribution in [2.45, 2.75) is 93.4 Å². The van der Waals surface area contributed by atoms with Crippen LogP contribution in [0.5, 0.6) is 0 Å². The first kappa shape index (κ1) is 37.3. The van der Waals surface area contributed by atoms with Gasteiger partial charge in [-0.2, -0.15) is 11.3 Å². The summed E-state index contributed by atoms with van der Waals surface area (Å²) < 4.78 is 3.89. The van der Waals surface area contributed by atoms with Crippen molar-refractivity contribution in [1.29, 1.82) is 0 Å². The molecule has 0 amide bonds. The Balaban J connectivity index is 0.000000242. The van der Waals surface area contributed by atoms with Gasteiger partial charge in [0.1, 0.15) is 16.9 Å². The molecule has 6 rings (SSSR count). The summed E-state index contributed by atoms with van der Waals surface area (Å²) in [7, 11) is 0. The molecule has 4 nitrogen and oxygen atoms in total. The summed E-state index contributed by atoms with van der Waals surface area (Å²) in [5.41, 5.74) is 2.84. The second-order valence-electron chi connectivity index (χ2n) is 13.8. The standard InChI is InChI=1S/C24H17N2S3.C15H28O2.Ir/c1-24(2,3)17-9-15(8-14-5-7-28-22(14)17)21-20-16-11-18-13(4-6-27-18)10-19(16)29-23(20)26-12-25-21;1-7-14(5,8-2)12(16)11-13(17)15(6,9-3)10-4;/h4-7,9-12H,1-3H3;11,16H,7-10H2,1-6H3;/q-1;;/b;12-11-;. The monoisotopic (exact) mass is 862 g/mol. The summed E-state index contributed by atoms with van der Waals surface area (Å²) in [4.78, 5) is 22.6. The zero-order chi connectivity index (χ0) is 33.4. The molecule has 2 aromatic carbocycles. The van der Waals surface area contributed by atoms with Crippen molar-refractivity contribution in [3.63, 3.8) is 0 Å². The number of aromatic nitrogens is 2. The summed E-state index contributed by atoms with van der Waals surface area (Å²) >= 11 is 5.32. The molecule has 0 unspecified atom stereocenters. The molecule has 4 heterocycles. The number of thiophene rings is 3. The van der Waals surface area contributed by atoms with Gasteiger partial charge in [0.2, 0.25) is 0 Å². The van der Waals surface area contributed by atoms with Gasteiger partial charge >= 0.3 is 0 Å². The van der Waals surface area contributed by atoms with Crippen molar-refractivity contribution in [2.75, 3.05) is 0 Å². The SMILES string of the molecule is CC(C)(C)c1cc(-c2ncnc3sc4cc5ccsc5cc4c23)[c-]c2ccsc12.CCC(C)(CC)C(=O)/C=C(\O)C(C)(CC)CC.[Ir]. The molecule has 4 aromatic heterocycles. The van der Waals surface area contributed by atoms with E-state index in [1.54, 1.807) is 40.3 Å². The number of benzene rings is 2. The zero-order valence-corrected chi connectivity index (χ0v) is 33.7. The van der Waals surface area contributed by atoms with Crippen LogP contribution in [0.25, 0.3) is 51.7 Å². The van der Waals surface area contributed by atoms with Gasteiger partial charge < -0.3 is 5.11 Å². The Morgan fingerprint density at radius 2 is 1.53 bits per heavy atom. The molecule has 0 saturated carbocycles. The Kier molecular flexibility index (Phi) is 11.6. The molecule has 0 spiro atoms. The number of allylic oxidation sites excluding steroid dienone is 2. The number of ketones is 1. The third kappa shape index (κ3) is 7.28. The van der Waals surface area contributed by atoms with Crippen LogP contribution in [0.1, 0.15) is 93.6 Å². The van der Waals surface area contributed by atoms with Gasteiger partial charge in [0, 0.05) is 57.5 Å². The summed E-state index contributed by atoms with van der Waals surface area (Å²) in [6.07, 6.45) is 6.45. The predicted octanol–water partition coefficient (Wildman–Crippen LogP) is 12.7. The van der Waals surface area contributed by atoms with Crippen LogP contribution >= 0.6 is 34.0 Å². The third-order valence-corrected chi connectivity index (χ3v) is 12.9. The van der Waals surface area contributed by atoms with Gasteiger partial charge in [-0.3, -0.25) is 9.78 Å². The summed E-state index contributed by atoms with van der Waals surface area (Å²) in [5.74, 6) is 0.286. The minimum atomic E-state index is -0.337. The van der Waals surface area contributed by atoms with Crippen LogP contribution in [0.4, 0.5) is 0 Å². The Morgan fingerprint density at radius 3 is 2.17 bits per heavy atom. The molecule has 6 aromatic rings. The van der Waals surface area contributed by atoms with E-state index in [9.17, 15) is 9.90 Å². The van der Waals surface area contributed by atoms with Crippen LogP contribution in [-0.4, -0.2) is 20.9 Å². The molecule has 1 radical (unpaired) electrons. The molecule has 0 aliphatic rings. The molecule has 0 aliphatic carbocycles. The number of hydrogen-bond acceptors (Lipinski definition) is 7. The van der Waals surface area contributed by atoms with E-state index < -0.39 is 0 Å². The maximum Gasteiger partial charge on any atom is 0.164 e. The van der Waals surface area contributed by atoms with Crippen molar-refractivity contribution in [2.24, 2.45) is 10.8 Å². The van der Waals surface area contributed by atoms with Gasteiger partial charge in [0.15, 0.2) is 5.78 Å². The minimum Gasteiger partial charge on any atom is -0.512 e. The number of carbonyl (C=O) groups excluding carboxylic acids is 1. The van der Waals surface area contributed by atoms with E-state index in [0.717, 1.165) is 47.2 Å². The fourth-order valence-corrected chi connectivity index (χ4v) is 8.60. The van der Waals surface area contributed by atoms with Crippen molar-refractivity contribution < 1.29 is 30.0 Å². The fourth-order valence-electron chi connectivity index (χ4n) is 5.64. The van der Waals surface area contributed by atoms with Gasteiger partial charge in [-0.1, -0.05) is 73.4 Å². The average molecular weight is 862 g/mol. The van der Waals surface area contributed by atoms with Crippen LogP contribution in [0.3, 0.4) is 0 Å². The second-order valence-corrected chi connectivity index (χ2v) is 16.6. The number of carbonyl (C=O) groups is 1. The van der Waals surface area contributed by atoms with Crippen molar-refractivity contribution >= 4 is 80.3 Å². The van der Waals surface area contributed by atoms with Crippen LogP contribution in [0.2, 0.25) is 0 Å².